The Morgan fingerprint density at radius 3 is 2.17 bits per heavy atom. The Labute approximate surface area is 215 Å². The predicted octanol–water partition coefficient (Wildman–Crippen LogP) is 3.66. The highest BCUT2D eigenvalue weighted by atomic mass is 32.2. The van der Waals surface area contributed by atoms with Crippen LogP contribution >= 0.6 is 0 Å². The number of hydrogen-bond donors (Lipinski definition) is 1. The molecular weight excluding hydrogens is 478 g/mol. The number of nitrogens with zero attached hydrogens (tertiary/aromatic N) is 2. The topological polar surface area (TPSA) is 96.0 Å². The third-order valence-electron chi connectivity index (χ3n) is 5.83. The molecule has 8 nitrogen and oxygen atoms in total. The fourth-order valence-electron chi connectivity index (χ4n) is 3.82. The van der Waals surface area contributed by atoms with Crippen molar-refractivity contribution in [2.24, 2.45) is 5.92 Å². The van der Waals surface area contributed by atoms with Gasteiger partial charge in [0.25, 0.3) is 0 Å². The SMILES string of the molecule is CCC(C(=O)NCC(C)C)N(Cc1ccc(C)cc1)C(=O)CN(c1cc(C)ccc1OC)S(C)(=O)=O. The molecule has 0 bridgehead atoms. The van der Waals surface area contributed by atoms with Crippen LogP contribution < -0.4 is 14.4 Å². The van der Waals surface area contributed by atoms with Gasteiger partial charge in [0.05, 0.1) is 19.1 Å². The molecule has 36 heavy (non-hydrogen) atoms. The number of nitrogens with one attached hydrogen (secondary N) is 1. The molecule has 2 amide bonds. The summed E-state index contributed by atoms with van der Waals surface area (Å²) in [6, 6.07) is 12.1. The van der Waals surface area contributed by atoms with Crippen LogP contribution in [0.3, 0.4) is 0 Å². The van der Waals surface area contributed by atoms with Crippen LogP contribution in [-0.2, 0) is 26.2 Å². The Kier molecular flexibility index (Phi) is 10.3. The van der Waals surface area contributed by atoms with E-state index in [1.54, 1.807) is 18.2 Å². The summed E-state index contributed by atoms with van der Waals surface area (Å²) in [7, 11) is -2.39. The van der Waals surface area contributed by atoms with E-state index in [9.17, 15) is 18.0 Å². The molecule has 0 radical (unpaired) electrons. The van der Waals surface area contributed by atoms with Crippen molar-refractivity contribution in [2.45, 2.75) is 53.6 Å². The number of benzene rings is 2. The minimum atomic E-state index is -3.84. The number of sulfonamides is 1. The van der Waals surface area contributed by atoms with E-state index in [0.717, 1.165) is 27.3 Å². The maximum Gasteiger partial charge on any atom is 0.244 e. The van der Waals surface area contributed by atoms with E-state index in [1.807, 2.05) is 58.9 Å². The molecule has 1 N–H and O–H groups in total. The third-order valence-corrected chi connectivity index (χ3v) is 6.95. The molecule has 0 heterocycles. The van der Waals surface area contributed by atoms with Crippen molar-refractivity contribution >= 4 is 27.5 Å². The van der Waals surface area contributed by atoms with E-state index < -0.39 is 28.5 Å². The zero-order valence-electron chi connectivity index (χ0n) is 22.4. The van der Waals surface area contributed by atoms with Crippen LogP contribution in [0.1, 0.15) is 43.9 Å². The molecular formula is C27H39N3O5S. The third kappa shape index (κ3) is 7.98. The van der Waals surface area contributed by atoms with Crippen molar-refractivity contribution in [3.63, 3.8) is 0 Å². The second-order valence-electron chi connectivity index (χ2n) is 9.52. The van der Waals surface area contributed by atoms with Gasteiger partial charge in [-0.15, -0.1) is 0 Å². The molecule has 198 valence electrons. The lowest BCUT2D eigenvalue weighted by Crippen LogP contribution is -2.52. The first kappa shape index (κ1) is 29.2. The Bertz CT molecular complexity index is 1150. The van der Waals surface area contributed by atoms with Gasteiger partial charge in [-0.3, -0.25) is 13.9 Å². The van der Waals surface area contributed by atoms with E-state index >= 15 is 0 Å². The predicted molar refractivity (Wildman–Crippen MR) is 144 cm³/mol. The number of carbonyl (C=O) groups excluding carboxylic acids is 2. The van der Waals surface area contributed by atoms with E-state index in [-0.39, 0.29) is 24.1 Å². The maximum absolute atomic E-state index is 13.8. The highest BCUT2D eigenvalue weighted by Crippen LogP contribution is 2.31. The summed E-state index contributed by atoms with van der Waals surface area (Å²) in [6.45, 7) is 9.84. The van der Waals surface area contributed by atoms with Gasteiger partial charge in [0.15, 0.2) is 0 Å². The van der Waals surface area contributed by atoms with Crippen LogP contribution in [0, 0.1) is 19.8 Å². The molecule has 0 aliphatic rings. The van der Waals surface area contributed by atoms with Gasteiger partial charge < -0.3 is 15.0 Å². The van der Waals surface area contributed by atoms with Gasteiger partial charge in [-0.25, -0.2) is 8.42 Å². The molecule has 2 aromatic rings. The summed E-state index contributed by atoms with van der Waals surface area (Å²) in [4.78, 5) is 28.4. The molecule has 2 aromatic carbocycles. The molecule has 1 unspecified atom stereocenters. The zero-order valence-corrected chi connectivity index (χ0v) is 23.2. The van der Waals surface area contributed by atoms with Crippen molar-refractivity contribution < 1.29 is 22.7 Å². The van der Waals surface area contributed by atoms with E-state index in [4.69, 9.17) is 4.74 Å². The standard InChI is InChI=1S/C27H39N3O5S/c1-8-23(27(32)28-16-19(2)3)29(17-22-12-9-20(4)10-13-22)26(31)18-30(36(7,33)34)24-15-21(5)11-14-25(24)35-6/h9-15,19,23H,8,16-18H2,1-7H3,(H,28,32). The number of aryl methyl sites for hydroxylation is 2. The van der Waals surface area contributed by atoms with Crippen LogP contribution in [0.4, 0.5) is 5.69 Å². The Balaban J connectivity index is 2.48. The average Bonchev–Trinajstić information content (AvgIpc) is 2.81. The number of amides is 2. The van der Waals surface area contributed by atoms with Crippen LogP contribution in [0.15, 0.2) is 42.5 Å². The lowest BCUT2D eigenvalue weighted by molar-refractivity contribution is -0.140. The highest BCUT2D eigenvalue weighted by Gasteiger charge is 2.32. The van der Waals surface area contributed by atoms with Gasteiger partial charge in [-0.05, 0) is 49.4 Å². The first-order valence-electron chi connectivity index (χ1n) is 12.1. The molecule has 0 saturated heterocycles. The number of rotatable bonds is 12. The van der Waals surface area contributed by atoms with Crippen molar-refractivity contribution in [1.29, 1.82) is 0 Å². The van der Waals surface area contributed by atoms with Crippen LogP contribution in [0.25, 0.3) is 0 Å². The van der Waals surface area contributed by atoms with Gasteiger partial charge in [0.2, 0.25) is 21.8 Å². The fourth-order valence-corrected chi connectivity index (χ4v) is 4.67. The van der Waals surface area contributed by atoms with Gasteiger partial charge in [-0.2, -0.15) is 0 Å². The van der Waals surface area contributed by atoms with E-state index in [1.165, 1.54) is 12.0 Å². The van der Waals surface area contributed by atoms with Crippen molar-refractivity contribution in [3.05, 3.63) is 59.2 Å². The molecule has 0 saturated carbocycles. The molecule has 0 fully saturated rings. The van der Waals surface area contributed by atoms with Gasteiger partial charge in [-0.1, -0.05) is 56.7 Å². The summed E-state index contributed by atoms with van der Waals surface area (Å²) in [6.07, 6.45) is 1.44. The number of anilines is 1. The maximum atomic E-state index is 13.8. The number of methoxy groups -OCH3 is 1. The molecule has 1 atom stereocenters. The highest BCUT2D eigenvalue weighted by molar-refractivity contribution is 7.92. The van der Waals surface area contributed by atoms with Gasteiger partial charge >= 0.3 is 0 Å². The number of ether oxygens (including phenoxy) is 1. The minimum Gasteiger partial charge on any atom is -0.495 e. The van der Waals surface area contributed by atoms with Crippen molar-refractivity contribution in [3.8, 4) is 5.75 Å². The first-order valence-corrected chi connectivity index (χ1v) is 14.0. The smallest absolute Gasteiger partial charge is 0.244 e. The zero-order chi connectivity index (χ0) is 27.0. The molecule has 0 spiro atoms. The lowest BCUT2D eigenvalue weighted by atomic mass is 10.1. The van der Waals surface area contributed by atoms with E-state index in [0.29, 0.717) is 18.7 Å². The van der Waals surface area contributed by atoms with Crippen LogP contribution in [0.2, 0.25) is 0 Å². The van der Waals surface area contributed by atoms with Crippen LogP contribution in [-0.4, -0.2) is 57.6 Å². The lowest BCUT2D eigenvalue weighted by Gasteiger charge is -2.33. The quantitative estimate of drug-likeness (QED) is 0.464. The summed E-state index contributed by atoms with van der Waals surface area (Å²) >= 11 is 0. The first-order chi connectivity index (χ1) is 16.9. The fraction of sp³-hybridized carbons (Fsp3) is 0.481. The summed E-state index contributed by atoms with van der Waals surface area (Å²) in [5, 5.41) is 2.92. The Morgan fingerprint density at radius 1 is 1.03 bits per heavy atom. The van der Waals surface area contributed by atoms with Gasteiger partial charge in [0.1, 0.15) is 18.3 Å². The van der Waals surface area contributed by atoms with Gasteiger partial charge in [0, 0.05) is 13.1 Å². The van der Waals surface area contributed by atoms with Crippen molar-refractivity contribution in [1.82, 2.24) is 10.2 Å². The number of hydrogen-bond acceptors (Lipinski definition) is 5. The Morgan fingerprint density at radius 2 is 1.64 bits per heavy atom. The van der Waals surface area contributed by atoms with Crippen LogP contribution in [0.5, 0.6) is 5.75 Å². The molecule has 0 aliphatic carbocycles. The molecule has 9 heteroatoms. The summed E-state index contributed by atoms with van der Waals surface area (Å²) in [5.74, 6) is -0.144. The van der Waals surface area contributed by atoms with Crippen molar-refractivity contribution in [2.75, 3.05) is 30.8 Å². The monoisotopic (exact) mass is 517 g/mol. The summed E-state index contributed by atoms with van der Waals surface area (Å²) in [5.41, 5.74) is 3.03. The molecule has 2 rings (SSSR count). The normalized spacial score (nSPS) is 12.2. The average molecular weight is 518 g/mol. The van der Waals surface area contributed by atoms with E-state index in [2.05, 4.69) is 5.32 Å². The Hall–Kier alpha value is -3.07. The molecule has 0 aliphatic heterocycles. The second-order valence-corrected chi connectivity index (χ2v) is 11.4. The molecule has 0 aromatic heterocycles. The minimum absolute atomic E-state index is 0.176. The number of carbonyl (C=O) groups is 2. The largest absolute Gasteiger partial charge is 0.495 e. The second kappa shape index (κ2) is 12.8. The summed E-state index contributed by atoms with van der Waals surface area (Å²) < 4.78 is 32.1.